The van der Waals surface area contributed by atoms with Gasteiger partial charge in [0.25, 0.3) is 0 Å². The van der Waals surface area contributed by atoms with Crippen LogP contribution in [0.5, 0.6) is 0 Å². The van der Waals surface area contributed by atoms with E-state index in [0.29, 0.717) is 18.9 Å². The van der Waals surface area contributed by atoms with Crippen LogP contribution in [0.4, 0.5) is 5.82 Å². The first-order valence-corrected chi connectivity index (χ1v) is 10.7. The second kappa shape index (κ2) is 5.40. The Kier molecular flexibility index (Phi) is 3.67. The van der Waals surface area contributed by atoms with Gasteiger partial charge in [0.15, 0.2) is 5.65 Å². The number of hydrogen-bond donors (Lipinski definition) is 1. The monoisotopic (exact) mass is 413 g/mol. The number of hydrogen-bond acceptors (Lipinski definition) is 6. The number of nitrogens with zero attached hydrogens (tertiary/aromatic N) is 4. The van der Waals surface area contributed by atoms with E-state index in [-0.39, 0.29) is 6.04 Å². The minimum atomic E-state index is -2.73. The van der Waals surface area contributed by atoms with Crippen LogP contribution in [0.3, 0.4) is 0 Å². The van der Waals surface area contributed by atoms with E-state index in [1.54, 1.807) is 10.7 Å². The van der Waals surface area contributed by atoms with E-state index in [0.717, 1.165) is 35.4 Å². The number of halogens is 1. The Hall–Kier alpha value is -1.19. The van der Waals surface area contributed by atoms with Crippen LogP contribution in [0, 0.1) is 4.78 Å². The summed E-state index contributed by atoms with van der Waals surface area (Å²) in [6.45, 7) is 4.21. The zero-order valence-corrected chi connectivity index (χ0v) is 16.1. The van der Waals surface area contributed by atoms with Crippen LogP contribution in [0.25, 0.3) is 5.65 Å². The lowest BCUT2D eigenvalue weighted by atomic mass is 10.2. The van der Waals surface area contributed by atoms with Gasteiger partial charge >= 0.3 is 0 Å². The fourth-order valence-electron chi connectivity index (χ4n) is 3.42. The molecule has 130 valence electrons. The van der Waals surface area contributed by atoms with Crippen LogP contribution in [0.1, 0.15) is 25.5 Å². The van der Waals surface area contributed by atoms with Crippen LogP contribution < -0.4 is 4.90 Å². The Morgan fingerprint density at radius 1 is 1.50 bits per heavy atom. The summed E-state index contributed by atoms with van der Waals surface area (Å²) in [7, 11) is -2.73. The first-order chi connectivity index (χ1) is 11.3. The first kappa shape index (κ1) is 16.3. The maximum absolute atomic E-state index is 12.6. The highest BCUT2D eigenvalue weighted by Gasteiger charge is 2.53. The molecule has 1 saturated heterocycles. The molecule has 2 fully saturated rings. The summed E-state index contributed by atoms with van der Waals surface area (Å²) in [5, 5.41) is 4.40. The number of nitrogens with one attached hydrogen (secondary N) is 1. The molecule has 1 aliphatic heterocycles. The molecule has 0 aromatic carbocycles. The SMILES string of the molecule is C[C@@H]1COCCN1c1cc(C2(S(C)(=N)=O)CC2)n2ncc(Br)c2n1. The van der Waals surface area contributed by atoms with Crippen molar-refractivity contribution in [2.24, 2.45) is 0 Å². The van der Waals surface area contributed by atoms with Crippen molar-refractivity contribution in [2.45, 2.75) is 30.6 Å². The molecule has 1 aliphatic carbocycles. The third-order valence-electron chi connectivity index (χ3n) is 4.99. The molecule has 4 rings (SSSR count). The first-order valence-electron chi connectivity index (χ1n) is 7.96. The molecule has 1 N–H and O–H groups in total. The number of ether oxygens (including phenoxy) is 1. The summed E-state index contributed by atoms with van der Waals surface area (Å²) in [5.41, 5.74) is 1.53. The number of morpholine rings is 1. The topological polar surface area (TPSA) is 83.6 Å². The van der Waals surface area contributed by atoms with Gasteiger partial charge < -0.3 is 9.64 Å². The second-order valence-electron chi connectivity index (χ2n) is 6.68. The van der Waals surface area contributed by atoms with E-state index < -0.39 is 14.5 Å². The van der Waals surface area contributed by atoms with Crippen molar-refractivity contribution in [3.8, 4) is 0 Å². The number of aromatic nitrogens is 3. The lowest BCUT2D eigenvalue weighted by Gasteiger charge is -2.34. The van der Waals surface area contributed by atoms with E-state index in [2.05, 4.69) is 32.9 Å². The third kappa shape index (κ3) is 2.36. The number of anilines is 1. The number of rotatable bonds is 3. The Bertz CT molecular complexity index is 906. The predicted molar refractivity (Wildman–Crippen MR) is 96.0 cm³/mol. The maximum Gasteiger partial charge on any atom is 0.171 e. The van der Waals surface area contributed by atoms with Gasteiger partial charge in [0.2, 0.25) is 0 Å². The molecule has 2 aromatic heterocycles. The fourth-order valence-corrected chi connectivity index (χ4v) is 5.19. The lowest BCUT2D eigenvalue weighted by molar-refractivity contribution is 0.0985. The fraction of sp³-hybridized carbons (Fsp3) is 0.600. The highest BCUT2D eigenvalue weighted by atomic mass is 79.9. The Morgan fingerprint density at radius 2 is 2.25 bits per heavy atom. The smallest absolute Gasteiger partial charge is 0.171 e. The summed E-state index contributed by atoms with van der Waals surface area (Å²) in [5.74, 6) is 0.837. The van der Waals surface area contributed by atoms with E-state index in [1.807, 2.05) is 6.07 Å². The normalized spacial score (nSPS) is 25.6. The Morgan fingerprint density at radius 3 is 2.88 bits per heavy atom. The van der Waals surface area contributed by atoms with Crippen LogP contribution in [0.15, 0.2) is 16.7 Å². The zero-order valence-electron chi connectivity index (χ0n) is 13.7. The molecule has 1 saturated carbocycles. The zero-order chi connectivity index (χ0) is 17.1. The van der Waals surface area contributed by atoms with Crippen molar-refractivity contribution in [3.05, 3.63) is 22.4 Å². The number of fused-ring (bicyclic) bond motifs is 1. The van der Waals surface area contributed by atoms with Gasteiger partial charge in [-0.2, -0.15) is 5.10 Å². The molecular weight excluding hydrogens is 394 g/mol. The van der Waals surface area contributed by atoms with Gasteiger partial charge in [0.1, 0.15) is 5.82 Å². The molecule has 2 aliphatic rings. The summed E-state index contributed by atoms with van der Waals surface area (Å²) < 4.78 is 28.3. The highest BCUT2D eigenvalue weighted by Crippen LogP contribution is 2.53. The largest absolute Gasteiger partial charge is 0.377 e. The summed E-state index contributed by atoms with van der Waals surface area (Å²) in [4.78, 5) is 6.98. The van der Waals surface area contributed by atoms with Gasteiger partial charge in [-0.1, -0.05) is 0 Å². The van der Waals surface area contributed by atoms with Crippen molar-refractivity contribution in [1.29, 1.82) is 4.78 Å². The lowest BCUT2D eigenvalue weighted by Crippen LogP contribution is -2.44. The molecule has 2 atom stereocenters. The van der Waals surface area contributed by atoms with Crippen molar-refractivity contribution < 1.29 is 8.95 Å². The van der Waals surface area contributed by atoms with Gasteiger partial charge in [-0.25, -0.2) is 13.7 Å². The minimum absolute atomic E-state index is 0.223. The molecule has 1 unspecified atom stereocenters. The average molecular weight is 414 g/mol. The molecule has 24 heavy (non-hydrogen) atoms. The highest BCUT2D eigenvalue weighted by molar-refractivity contribution is 9.10. The van der Waals surface area contributed by atoms with Crippen LogP contribution in [0.2, 0.25) is 0 Å². The Balaban J connectivity index is 1.93. The summed E-state index contributed by atoms with van der Waals surface area (Å²) >= 11 is 3.50. The molecule has 0 amide bonds. The van der Waals surface area contributed by atoms with E-state index in [1.165, 1.54) is 6.26 Å². The van der Waals surface area contributed by atoms with Gasteiger partial charge in [0, 0.05) is 18.9 Å². The van der Waals surface area contributed by atoms with Crippen molar-refractivity contribution in [3.63, 3.8) is 0 Å². The maximum atomic E-state index is 12.6. The van der Waals surface area contributed by atoms with Crippen molar-refractivity contribution in [1.82, 2.24) is 14.6 Å². The van der Waals surface area contributed by atoms with Crippen LogP contribution >= 0.6 is 15.9 Å². The second-order valence-corrected chi connectivity index (χ2v) is 10.0. The minimum Gasteiger partial charge on any atom is -0.377 e. The van der Waals surface area contributed by atoms with Gasteiger partial charge in [-0.15, -0.1) is 0 Å². The van der Waals surface area contributed by atoms with E-state index in [4.69, 9.17) is 14.5 Å². The summed E-state index contributed by atoms with van der Waals surface area (Å²) in [6.07, 6.45) is 4.73. The molecule has 7 nitrogen and oxygen atoms in total. The van der Waals surface area contributed by atoms with Crippen molar-refractivity contribution >= 4 is 37.1 Å². The third-order valence-corrected chi connectivity index (χ3v) is 7.66. The van der Waals surface area contributed by atoms with E-state index in [9.17, 15) is 4.21 Å². The van der Waals surface area contributed by atoms with E-state index >= 15 is 0 Å². The van der Waals surface area contributed by atoms with Crippen LogP contribution in [-0.4, -0.2) is 50.9 Å². The van der Waals surface area contributed by atoms with Crippen molar-refractivity contribution in [2.75, 3.05) is 30.9 Å². The predicted octanol–water partition coefficient (Wildman–Crippen LogP) is 2.38. The Labute approximate surface area is 149 Å². The van der Waals surface area contributed by atoms with Gasteiger partial charge in [0.05, 0.1) is 50.1 Å². The molecular formula is C15H20BrN5O2S. The van der Waals surface area contributed by atoms with Crippen LogP contribution in [-0.2, 0) is 19.2 Å². The summed E-state index contributed by atoms with van der Waals surface area (Å²) in [6, 6.07) is 2.19. The molecule has 0 spiro atoms. The standard InChI is InChI=1S/C15H20BrN5O2S/c1-10-9-23-6-5-20(10)13-7-12(15(3-4-15)24(2,17)22)21-14(19-13)11(16)8-18-21/h7-8,10,17H,3-6,9H2,1-2H3/t10-,24?/m1/s1. The van der Waals surface area contributed by atoms with Gasteiger partial charge in [-0.05, 0) is 35.7 Å². The molecule has 0 bridgehead atoms. The molecule has 9 heteroatoms. The molecule has 2 aromatic rings. The van der Waals surface area contributed by atoms with Gasteiger partial charge in [-0.3, -0.25) is 4.78 Å². The molecule has 3 heterocycles. The average Bonchev–Trinajstić information content (AvgIpc) is 3.27. The quantitative estimate of drug-likeness (QED) is 0.834. The molecule has 0 radical (unpaired) electrons.